The molecule has 6 nitrogen and oxygen atoms in total. The Kier molecular flexibility index (Phi) is 4.47. The van der Waals surface area contributed by atoms with Crippen LogP contribution in [0.3, 0.4) is 0 Å². The minimum atomic E-state index is -0.0628. The minimum absolute atomic E-state index is 0.0628. The van der Waals surface area contributed by atoms with Crippen LogP contribution in [-0.2, 0) is 18.3 Å². The second-order valence-electron chi connectivity index (χ2n) is 6.93. The first kappa shape index (κ1) is 16.7. The number of carbonyl (C=O) groups is 1. The van der Waals surface area contributed by atoms with E-state index in [1.54, 1.807) is 7.05 Å². The minimum Gasteiger partial charge on any atom is -0.340 e. The Morgan fingerprint density at radius 2 is 2.08 bits per heavy atom. The van der Waals surface area contributed by atoms with Crippen LogP contribution in [0.4, 0.5) is 0 Å². The highest BCUT2D eigenvalue weighted by atomic mass is 16.2. The molecule has 1 aliphatic rings. The predicted octanol–water partition coefficient (Wildman–Crippen LogP) is 2.21. The van der Waals surface area contributed by atoms with Crippen LogP contribution in [0.25, 0.3) is 11.0 Å². The van der Waals surface area contributed by atoms with Gasteiger partial charge in [0.15, 0.2) is 5.65 Å². The number of aromatic amines is 1. The molecular weight excluding hydrogens is 304 g/mol. The Bertz CT molecular complexity index is 834. The van der Waals surface area contributed by atoms with Crippen LogP contribution in [-0.4, -0.2) is 38.2 Å². The number of nitrogens with zero attached hydrogens (tertiary/aromatic N) is 3. The van der Waals surface area contributed by atoms with Crippen molar-refractivity contribution >= 4 is 16.9 Å². The second-order valence-corrected chi connectivity index (χ2v) is 6.93. The van der Waals surface area contributed by atoms with Crippen LogP contribution in [0.5, 0.6) is 0 Å². The molecule has 1 unspecified atom stereocenters. The lowest BCUT2D eigenvalue weighted by molar-refractivity contribution is -0.134. The van der Waals surface area contributed by atoms with Crippen LogP contribution in [0.15, 0.2) is 4.79 Å². The average molecular weight is 330 g/mol. The Morgan fingerprint density at radius 1 is 1.33 bits per heavy atom. The number of likely N-dealkylation sites (tertiary alicyclic amines) is 1. The highest BCUT2D eigenvalue weighted by Crippen LogP contribution is 2.22. The molecular formula is C18H26N4O2. The number of nitrogens with one attached hydrogen (secondary N) is 1. The fraction of sp³-hybridized carbons (Fsp3) is 0.611. The highest BCUT2D eigenvalue weighted by molar-refractivity contribution is 5.80. The van der Waals surface area contributed by atoms with Crippen LogP contribution < -0.4 is 5.56 Å². The van der Waals surface area contributed by atoms with E-state index in [4.69, 9.17) is 0 Å². The van der Waals surface area contributed by atoms with E-state index >= 15 is 0 Å². The number of pyridine rings is 1. The van der Waals surface area contributed by atoms with E-state index in [-0.39, 0.29) is 11.5 Å². The zero-order valence-electron chi connectivity index (χ0n) is 15.0. The van der Waals surface area contributed by atoms with Crippen LogP contribution in [0.2, 0.25) is 0 Å². The summed E-state index contributed by atoms with van der Waals surface area (Å²) in [4.78, 5) is 31.4. The molecule has 1 fully saturated rings. The molecule has 0 aromatic carbocycles. The van der Waals surface area contributed by atoms with Gasteiger partial charge in [-0.3, -0.25) is 19.4 Å². The van der Waals surface area contributed by atoms with Crippen molar-refractivity contribution in [1.82, 2.24) is 19.7 Å². The quantitative estimate of drug-likeness (QED) is 0.938. The molecule has 3 rings (SSSR count). The first-order valence-corrected chi connectivity index (χ1v) is 8.74. The van der Waals surface area contributed by atoms with E-state index in [2.05, 4.69) is 17.0 Å². The lowest BCUT2D eigenvalue weighted by Crippen LogP contribution is -2.42. The molecule has 6 heteroatoms. The number of hydrogen-bond donors (Lipinski definition) is 1. The predicted molar refractivity (Wildman–Crippen MR) is 94.2 cm³/mol. The molecule has 3 heterocycles. The van der Waals surface area contributed by atoms with Crippen molar-refractivity contribution in [2.75, 3.05) is 6.54 Å². The Labute approximate surface area is 141 Å². The third-order valence-electron chi connectivity index (χ3n) is 5.29. The second kappa shape index (κ2) is 6.42. The molecule has 0 radical (unpaired) electrons. The summed E-state index contributed by atoms with van der Waals surface area (Å²) in [7, 11) is 1.69. The SMILES string of the molecule is Cc1nc2[nH]n(C)c(=O)c2c(C)c1CCC(=O)N1CCCCC1C. The van der Waals surface area contributed by atoms with E-state index in [0.717, 1.165) is 36.2 Å². The fourth-order valence-corrected chi connectivity index (χ4v) is 3.82. The summed E-state index contributed by atoms with van der Waals surface area (Å²) < 4.78 is 1.45. The summed E-state index contributed by atoms with van der Waals surface area (Å²) in [6, 6.07) is 0.339. The molecule has 2 aromatic heterocycles. The van der Waals surface area contributed by atoms with Gasteiger partial charge >= 0.3 is 0 Å². The summed E-state index contributed by atoms with van der Waals surface area (Å²) in [6.07, 6.45) is 4.51. The zero-order chi connectivity index (χ0) is 17.4. The maximum absolute atomic E-state index is 12.6. The Hall–Kier alpha value is -2.11. The van der Waals surface area contributed by atoms with Crippen LogP contribution in [0.1, 0.15) is 49.4 Å². The van der Waals surface area contributed by atoms with Crippen molar-refractivity contribution in [2.24, 2.45) is 7.05 Å². The van der Waals surface area contributed by atoms with E-state index in [0.29, 0.717) is 29.9 Å². The van der Waals surface area contributed by atoms with Gasteiger partial charge in [-0.15, -0.1) is 0 Å². The van der Waals surface area contributed by atoms with Crippen LogP contribution in [0, 0.1) is 13.8 Å². The van der Waals surface area contributed by atoms with Gasteiger partial charge in [0, 0.05) is 31.7 Å². The van der Waals surface area contributed by atoms with Crippen molar-refractivity contribution in [3.8, 4) is 0 Å². The molecule has 1 N–H and O–H groups in total. The van der Waals surface area contributed by atoms with Gasteiger partial charge in [0.25, 0.3) is 5.56 Å². The van der Waals surface area contributed by atoms with Crippen molar-refractivity contribution in [2.45, 2.75) is 58.9 Å². The van der Waals surface area contributed by atoms with Gasteiger partial charge in [-0.2, -0.15) is 0 Å². The molecule has 1 saturated heterocycles. The van der Waals surface area contributed by atoms with Gasteiger partial charge in [-0.25, -0.2) is 4.98 Å². The fourth-order valence-electron chi connectivity index (χ4n) is 3.82. The van der Waals surface area contributed by atoms with Gasteiger partial charge in [0.2, 0.25) is 5.91 Å². The number of amides is 1. The largest absolute Gasteiger partial charge is 0.340 e. The molecule has 0 bridgehead atoms. The van der Waals surface area contributed by atoms with Gasteiger partial charge < -0.3 is 4.90 Å². The maximum atomic E-state index is 12.6. The highest BCUT2D eigenvalue weighted by Gasteiger charge is 2.23. The lowest BCUT2D eigenvalue weighted by Gasteiger charge is -2.33. The van der Waals surface area contributed by atoms with Gasteiger partial charge in [0.1, 0.15) is 0 Å². The standard InChI is InChI=1S/C18H26N4O2/c1-11-7-5-6-10-22(11)15(23)9-8-14-12(2)16-17(19-13(14)3)20-21(4)18(16)24/h11H,5-10H2,1-4H3,(H,19,20). The number of rotatable bonds is 3. The first-order chi connectivity index (χ1) is 11.4. The van der Waals surface area contributed by atoms with E-state index in [9.17, 15) is 9.59 Å². The van der Waals surface area contributed by atoms with Crippen LogP contribution >= 0.6 is 0 Å². The topological polar surface area (TPSA) is 71.0 Å². The van der Waals surface area contributed by atoms with Crippen molar-refractivity contribution in [1.29, 1.82) is 0 Å². The molecule has 0 spiro atoms. The number of piperidine rings is 1. The Morgan fingerprint density at radius 3 is 2.79 bits per heavy atom. The molecule has 1 aliphatic heterocycles. The number of aromatic nitrogens is 3. The zero-order valence-corrected chi connectivity index (χ0v) is 15.0. The molecule has 0 saturated carbocycles. The summed E-state index contributed by atoms with van der Waals surface area (Å²) in [5, 5.41) is 3.61. The summed E-state index contributed by atoms with van der Waals surface area (Å²) in [5.41, 5.74) is 3.42. The summed E-state index contributed by atoms with van der Waals surface area (Å²) in [6.45, 7) is 6.90. The molecule has 1 atom stereocenters. The monoisotopic (exact) mass is 330 g/mol. The molecule has 2 aromatic rings. The number of fused-ring (bicyclic) bond motifs is 1. The maximum Gasteiger partial charge on any atom is 0.276 e. The molecule has 24 heavy (non-hydrogen) atoms. The van der Waals surface area contributed by atoms with Crippen molar-refractivity contribution in [3.05, 3.63) is 27.2 Å². The molecule has 130 valence electrons. The molecule has 1 amide bonds. The number of carbonyl (C=O) groups excluding carboxylic acids is 1. The average Bonchev–Trinajstić information content (AvgIpc) is 2.81. The summed E-state index contributed by atoms with van der Waals surface area (Å²) in [5.74, 6) is 0.211. The van der Waals surface area contributed by atoms with Gasteiger partial charge in [-0.05, 0) is 57.6 Å². The molecule has 0 aliphatic carbocycles. The Balaban J connectivity index is 1.83. The summed E-state index contributed by atoms with van der Waals surface area (Å²) >= 11 is 0. The van der Waals surface area contributed by atoms with Gasteiger partial charge in [-0.1, -0.05) is 0 Å². The van der Waals surface area contributed by atoms with E-state index in [1.165, 1.54) is 11.1 Å². The third kappa shape index (κ3) is 2.85. The van der Waals surface area contributed by atoms with Crippen molar-refractivity contribution < 1.29 is 4.79 Å². The first-order valence-electron chi connectivity index (χ1n) is 8.74. The van der Waals surface area contributed by atoms with E-state index in [1.807, 2.05) is 18.7 Å². The number of H-pyrrole nitrogens is 1. The normalized spacial score (nSPS) is 18.3. The lowest BCUT2D eigenvalue weighted by atomic mass is 9.98. The van der Waals surface area contributed by atoms with E-state index < -0.39 is 0 Å². The van der Waals surface area contributed by atoms with Gasteiger partial charge in [0.05, 0.1) is 5.39 Å². The third-order valence-corrected chi connectivity index (χ3v) is 5.29. The number of hydrogen-bond acceptors (Lipinski definition) is 3. The number of aryl methyl sites for hydroxylation is 3. The van der Waals surface area contributed by atoms with Crippen molar-refractivity contribution in [3.63, 3.8) is 0 Å². The smallest absolute Gasteiger partial charge is 0.276 e.